The highest BCUT2D eigenvalue weighted by Gasteiger charge is 2.47. The van der Waals surface area contributed by atoms with Crippen molar-refractivity contribution in [3.63, 3.8) is 0 Å². The number of ether oxygens (including phenoxy) is 1. The molecule has 1 aromatic heterocycles. The predicted molar refractivity (Wildman–Crippen MR) is 87.5 cm³/mol. The monoisotopic (exact) mass is 325 g/mol. The van der Waals surface area contributed by atoms with Crippen molar-refractivity contribution in [1.29, 1.82) is 0 Å². The Hall–Kier alpha value is -2.56. The summed E-state index contributed by atoms with van der Waals surface area (Å²) in [5, 5.41) is 0. The number of furan rings is 1. The number of aryl methyl sites for hydroxylation is 2. The first-order valence-corrected chi connectivity index (χ1v) is 8.15. The molecule has 1 aromatic carbocycles. The molecule has 124 valence electrons. The zero-order valence-corrected chi connectivity index (χ0v) is 13.8. The molecule has 1 spiro atoms. The van der Waals surface area contributed by atoms with Crippen LogP contribution in [0, 0.1) is 13.8 Å². The molecule has 3 heterocycles. The summed E-state index contributed by atoms with van der Waals surface area (Å²) in [7, 11) is 0. The Morgan fingerprint density at radius 2 is 2.04 bits per heavy atom. The molecule has 1 atom stereocenters. The lowest BCUT2D eigenvalue weighted by Crippen LogP contribution is -2.45. The van der Waals surface area contributed by atoms with E-state index in [9.17, 15) is 9.59 Å². The van der Waals surface area contributed by atoms with Gasteiger partial charge >= 0.3 is 0 Å². The highest BCUT2D eigenvalue weighted by molar-refractivity contribution is 6.00. The van der Waals surface area contributed by atoms with Crippen LogP contribution < -0.4 is 4.74 Å². The molecule has 2 aliphatic heterocycles. The lowest BCUT2D eigenvalue weighted by atomic mass is 9.89. The van der Waals surface area contributed by atoms with E-state index in [1.165, 1.54) is 0 Å². The maximum Gasteiger partial charge on any atom is 0.257 e. The van der Waals surface area contributed by atoms with Gasteiger partial charge in [-0.15, -0.1) is 0 Å². The smallest absolute Gasteiger partial charge is 0.257 e. The maximum absolute atomic E-state index is 12.8. The quantitative estimate of drug-likeness (QED) is 0.808. The third kappa shape index (κ3) is 2.31. The number of benzene rings is 1. The number of likely N-dealkylation sites (tertiary alicyclic amines) is 1. The van der Waals surface area contributed by atoms with Crippen LogP contribution in [-0.2, 0) is 0 Å². The zero-order chi connectivity index (χ0) is 16.9. The molecule has 1 fully saturated rings. The topological polar surface area (TPSA) is 59.8 Å². The molecule has 24 heavy (non-hydrogen) atoms. The Balaban J connectivity index is 1.58. The van der Waals surface area contributed by atoms with Crippen molar-refractivity contribution in [2.45, 2.75) is 32.3 Å². The molecule has 0 unspecified atom stereocenters. The van der Waals surface area contributed by atoms with Crippen molar-refractivity contribution in [1.82, 2.24) is 4.90 Å². The molecule has 5 nitrogen and oxygen atoms in total. The Kier molecular flexibility index (Phi) is 3.27. The zero-order valence-electron chi connectivity index (χ0n) is 13.8. The van der Waals surface area contributed by atoms with Crippen LogP contribution in [0.2, 0.25) is 0 Å². The van der Waals surface area contributed by atoms with E-state index in [0.29, 0.717) is 48.6 Å². The number of rotatable bonds is 1. The van der Waals surface area contributed by atoms with Gasteiger partial charge in [0.1, 0.15) is 22.9 Å². The summed E-state index contributed by atoms with van der Waals surface area (Å²) in [4.78, 5) is 27.0. The fourth-order valence-corrected chi connectivity index (χ4v) is 3.70. The van der Waals surface area contributed by atoms with Crippen LogP contribution >= 0.6 is 0 Å². The van der Waals surface area contributed by atoms with Crippen LogP contribution in [0.5, 0.6) is 5.75 Å². The number of fused-ring (bicyclic) bond motifs is 1. The molecule has 0 bridgehead atoms. The Labute approximate surface area is 140 Å². The van der Waals surface area contributed by atoms with Crippen LogP contribution in [0.3, 0.4) is 0 Å². The van der Waals surface area contributed by atoms with Gasteiger partial charge in [-0.05, 0) is 32.0 Å². The van der Waals surface area contributed by atoms with Gasteiger partial charge in [0, 0.05) is 13.0 Å². The SMILES string of the molecule is Cc1cc(C(=O)N2CC[C@@]3(CC(=O)c4ccccc4O3)C2)c(C)o1. The van der Waals surface area contributed by atoms with E-state index in [1.807, 2.05) is 25.1 Å². The summed E-state index contributed by atoms with van der Waals surface area (Å²) in [5.41, 5.74) is 0.620. The second-order valence-corrected chi connectivity index (χ2v) is 6.68. The lowest BCUT2D eigenvalue weighted by Gasteiger charge is -2.34. The Bertz CT molecular complexity index is 838. The fraction of sp³-hybridized carbons (Fsp3) is 0.368. The van der Waals surface area contributed by atoms with Crippen LogP contribution in [0.25, 0.3) is 0 Å². The maximum atomic E-state index is 12.8. The number of para-hydroxylation sites is 1. The number of amides is 1. The summed E-state index contributed by atoms with van der Waals surface area (Å²) in [6, 6.07) is 9.08. The number of nitrogens with zero attached hydrogens (tertiary/aromatic N) is 1. The molecular weight excluding hydrogens is 306 g/mol. The summed E-state index contributed by atoms with van der Waals surface area (Å²) in [5.74, 6) is 2.00. The number of hydrogen-bond acceptors (Lipinski definition) is 4. The second-order valence-electron chi connectivity index (χ2n) is 6.68. The molecule has 0 radical (unpaired) electrons. The summed E-state index contributed by atoms with van der Waals surface area (Å²) < 4.78 is 11.6. The van der Waals surface area contributed by atoms with E-state index in [-0.39, 0.29) is 11.7 Å². The van der Waals surface area contributed by atoms with Gasteiger partial charge in [0.2, 0.25) is 0 Å². The molecule has 2 aromatic rings. The summed E-state index contributed by atoms with van der Waals surface area (Å²) in [6.45, 7) is 4.63. The highest BCUT2D eigenvalue weighted by atomic mass is 16.5. The molecule has 5 heteroatoms. The standard InChI is InChI=1S/C19H19NO4/c1-12-9-15(13(2)23-12)18(22)20-8-7-19(11-20)10-16(21)14-5-3-4-6-17(14)24-19/h3-6,9H,7-8,10-11H2,1-2H3/t19-/m1/s1. The third-order valence-electron chi connectivity index (χ3n) is 4.87. The average Bonchev–Trinajstić information content (AvgIpc) is 3.10. The summed E-state index contributed by atoms with van der Waals surface area (Å²) in [6.07, 6.45) is 0.978. The van der Waals surface area contributed by atoms with E-state index in [1.54, 1.807) is 24.0 Å². The van der Waals surface area contributed by atoms with Gasteiger partial charge in [-0.3, -0.25) is 9.59 Å². The minimum absolute atomic E-state index is 0.0591. The van der Waals surface area contributed by atoms with Crippen molar-refractivity contribution >= 4 is 11.7 Å². The van der Waals surface area contributed by atoms with Gasteiger partial charge in [-0.2, -0.15) is 0 Å². The first kappa shape index (κ1) is 15.0. The van der Waals surface area contributed by atoms with E-state index < -0.39 is 5.60 Å². The molecule has 4 rings (SSSR count). The number of ketones is 1. The van der Waals surface area contributed by atoms with Crippen molar-refractivity contribution in [3.8, 4) is 5.75 Å². The van der Waals surface area contributed by atoms with Crippen molar-refractivity contribution < 1.29 is 18.7 Å². The van der Waals surface area contributed by atoms with Crippen molar-refractivity contribution in [2.75, 3.05) is 13.1 Å². The normalized spacial score (nSPS) is 22.6. The van der Waals surface area contributed by atoms with Crippen LogP contribution in [-0.4, -0.2) is 35.3 Å². The highest BCUT2D eigenvalue weighted by Crippen LogP contribution is 2.39. The molecule has 0 N–H and O–H groups in total. The fourth-order valence-electron chi connectivity index (χ4n) is 3.70. The van der Waals surface area contributed by atoms with E-state index >= 15 is 0 Å². The molecule has 1 saturated heterocycles. The van der Waals surface area contributed by atoms with E-state index in [0.717, 1.165) is 5.76 Å². The number of carbonyl (C=O) groups excluding carboxylic acids is 2. The van der Waals surface area contributed by atoms with Crippen LogP contribution in [0.1, 0.15) is 45.1 Å². The molecule has 2 aliphatic rings. The van der Waals surface area contributed by atoms with Gasteiger partial charge in [0.15, 0.2) is 5.78 Å². The number of Topliss-reactive ketones (excluding diaryl/α,β-unsaturated/α-hetero) is 1. The predicted octanol–water partition coefficient (Wildman–Crippen LogP) is 3.15. The third-order valence-corrected chi connectivity index (χ3v) is 4.87. The minimum atomic E-state index is -0.603. The van der Waals surface area contributed by atoms with Gasteiger partial charge < -0.3 is 14.1 Å². The summed E-state index contributed by atoms with van der Waals surface area (Å²) >= 11 is 0. The first-order chi connectivity index (χ1) is 11.5. The number of carbonyl (C=O) groups is 2. The molecule has 0 aliphatic carbocycles. The Morgan fingerprint density at radius 1 is 1.25 bits per heavy atom. The first-order valence-electron chi connectivity index (χ1n) is 8.15. The minimum Gasteiger partial charge on any atom is -0.484 e. The lowest BCUT2D eigenvalue weighted by molar-refractivity contribution is 0.0428. The Morgan fingerprint density at radius 3 is 2.79 bits per heavy atom. The van der Waals surface area contributed by atoms with E-state index in [2.05, 4.69) is 0 Å². The van der Waals surface area contributed by atoms with Crippen LogP contribution in [0.4, 0.5) is 0 Å². The average molecular weight is 325 g/mol. The number of hydrogen-bond donors (Lipinski definition) is 0. The van der Waals surface area contributed by atoms with Gasteiger partial charge in [0.25, 0.3) is 5.91 Å². The molecule has 0 saturated carbocycles. The molecule has 1 amide bonds. The van der Waals surface area contributed by atoms with Crippen LogP contribution in [0.15, 0.2) is 34.7 Å². The van der Waals surface area contributed by atoms with Gasteiger partial charge in [0.05, 0.1) is 24.1 Å². The van der Waals surface area contributed by atoms with Gasteiger partial charge in [-0.1, -0.05) is 12.1 Å². The second kappa shape index (κ2) is 5.23. The van der Waals surface area contributed by atoms with Crippen molar-refractivity contribution in [3.05, 3.63) is 53.0 Å². The van der Waals surface area contributed by atoms with Gasteiger partial charge in [-0.25, -0.2) is 0 Å². The molecular formula is C19H19NO4. The largest absolute Gasteiger partial charge is 0.484 e. The van der Waals surface area contributed by atoms with E-state index in [4.69, 9.17) is 9.15 Å². The van der Waals surface area contributed by atoms with Crippen molar-refractivity contribution in [2.24, 2.45) is 0 Å².